The average Bonchev–Trinajstić information content (AvgIpc) is 2.85. The van der Waals surface area contributed by atoms with Crippen LogP contribution in [-0.2, 0) is 11.3 Å². The van der Waals surface area contributed by atoms with Gasteiger partial charge in [-0.2, -0.15) is 0 Å². The van der Waals surface area contributed by atoms with E-state index in [9.17, 15) is 4.79 Å². The van der Waals surface area contributed by atoms with E-state index in [2.05, 4.69) is 10.3 Å². The molecule has 0 unspecified atom stereocenters. The molecule has 2 aromatic carbocycles. The Labute approximate surface area is 204 Å². The number of amides is 1. The summed E-state index contributed by atoms with van der Waals surface area (Å²) in [6.45, 7) is 3.02. The van der Waals surface area contributed by atoms with Gasteiger partial charge in [-0.3, -0.25) is 9.78 Å². The molecule has 1 N–H and O–H groups in total. The fourth-order valence-electron chi connectivity index (χ4n) is 4.04. The number of aromatic nitrogens is 1. The van der Waals surface area contributed by atoms with Crippen molar-refractivity contribution in [2.24, 2.45) is 5.92 Å². The van der Waals surface area contributed by atoms with Gasteiger partial charge in [0.1, 0.15) is 12.4 Å². The molecule has 0 aliphatic carbocycles. The van der Waals surface area contributed by atoms with Gasteiger partial charge in [-0.1, -0.05) is 41.4 Å². The molecule has 1 aliphatic rings. The van der Waals surface area contributed by atoms with Crippen molar-refractivity contribution in [1.29, 1.82) is 0 Å². The lowest BCUT2D eigenvalue weighted by molar-refractivity contribution is -0.137. The number of nitrogens with one attached hydrogen (secondary N) is 1. The Kier molecular flexibility index (Phi) is 8.21. The Hall–Kier alpha value is -2.60. The molecule has 3 aromatic rings. The maximum Gasteiger partial charge on any atom is 0.226 e. The van der Waals surface area contributed by atoms with E-state index < -0.39 is 0 Å². The molecule has 0 atom stereocenters. The molecular weight excluding hydrogens is 457 g/mol. The van der Waals surface area contributed by atoms with Gasteiger partial charge in [0.05, 0.1) is 18.8 Å². The minimum absolute atomic E-state index is 0.0180. The van der Waals surface area contributed by atoms with Gasteiger partial charge in [0.15, 0.2) is 0 Å². The average molecular weight is 484 g/mol. The number of hydrogen-bond acceptors (Lipinski definition) is 4. The second-order valence-corrected chi connectivity index (χ2v) is 8.96. The topological polar surface area (TPSA) is 54.5 Å². The van der Waals surface area contributed by atoms with Crippen molar-refractivity contribution in [2.45, 2.75) is 19.4 Å². The van der Waals surface area contributed by atoms with E-state index in [0.717, 1.165) is 48.5 Å². The summed E-state index contributed by atoms with van der Waals surface area (Å²) >= 11 is 12.0. The van der Waals surface area contributed by atoms with E-state index in [1.807, 2.05) is 53.4 Å². The highest BCUT2D eigenvalue weighted by atomic mass is 35.5. The number of piperidine rings is 1. The van der Waals surface area contributed by atoms with Crippen LogP contribution in [0.25, 0.3) is 11.1 Å². The van der Waals surface area contributed by atoms with Gasteiger partial charge in [-0.15, -0.1) is 0 Å². The van der Waals surface area contributed by atoms with Crippen molar-refractivity contribution >= 4 is 29.1 Å². The van der Waals surface area contributed by atoms with Gasteiger partial charge in [0.2, 0.25) is 5.91 Å². The molecule has 2 heterocycles. The number of pyridine rings is 1. The van der Waals surface area contributed by atoms with Crippen LogP contribution < -0.4 is 10.1 Å². The number of hydrogen-bond donors (Lipinski definition) is 1. The molecule has 4 rings (SSSR count). The van der Waals surface area contributed by atoms with Crippen LogP contribution in [0, 0.1) is 5.92 Å². The number of halogens is 2. The van der Waals surface area contributed by atoms with Crippen LogP contribution >= 0.6 is 23.2 Å². The zero-order valence-corrected chi connectivity index (χ0v) is 19.9. The Morgan fingerprint density at radius 1 is 1.00 bits per heavy atom. The fraction of sp³-hybridized carbons (Fsp3) is 0.308. The number of benzene rings is 2. The first-order valence-electron chi connectivity index (χ1n) is 11.2. The lowest BCUT2D eigenvalue weighted by Crippen LogP contribution is -2.42. The Balaban J connectivity index is 1.52. The summed E-state index contributed by atoms with van der Waals surface area (Å²) in [5.41, 5.74) is 2.87. The first-order valence-corrected chi connectivity index (χ1v) is 11.9. The Bertz CT molecular complexity index is 1050. The van der Waals surface area contributed by atoms with Crippen molar-refractivity contribution in [3.05, 3.63) is 82.6 Å². The summed E-state index contributed by atoms with van der Waals surface area (Å²) in [5.74, 6) is 0.904. The van der Waals surface area contributed by atoms with Crippen molar-refractivity contribution in [1.82, 2.24) is 15.2 Å². The highest BCUT2D eigenvalue weighted by molar-refractivity contribution is 6.30. The molecule has 1 fully saturated rings. The van der Waals surface area contributed by atoms with Gasteiger partial charge in [-0.25, -0.2) is 0 Å². The smallest absolute Gasteiger partial charge is 0.226 e. The van der Waals surface area contributed by atoms with Crippen molar-refractivity contribution in [2.75, 3.05) is 26.2 Å². The van der Waals surface area contributed by atoms with E-state index >= 15 is 0 Å². The van der Waals surface area contributed by atoms with Crippen LogP contribution in [0.4, 0.5) is 0 Å². The SMILES string of the molecule is O=C(C1CCNCC1)N(CCOc1ccc(Cl)cc1)Cc1ncccc1-c1ccc(Cl)cc1. The van der Waals surface area contributed by atoms with E-state index in [1.54, 1.807) is 18.3 Å². The fourth-order valence-corrected chi connectivity index (χ4v) is 4.29. The molecule has 1 aliphatic heterocycles. The van der Waals surface area contributed by atoms with E-state index in [-0.39, 0.29) is 11.8 Å². The lowest BCUT2D eigenvalue weighted by Gasteiger charge is -2.30. The summed E-state index contributed by atoms with van der Waals surface area (Å²) in [5, 5.41) is 4.68. The molecule has 33 heavy (non-hydrogen) atoms. The van der Waals surface area contributed by atoms with Crippen molar-refractivity contribution in [3.63, 3.8) is 0 Å². The molecule has 5 nitrogen and oxygen atoms in total. The molecule has 172 valence electrons. The molecule has 0 bridgehead atoms. The second-order valence-electron chi connectivity index (χ2n) is 8.09. The van der Waals surface area contributed by atoms with Gasteiger partial charge in [0, 0.05) is 27.7 Å². The predicted molar refractivity (Wildman–Crippen MR) is 133 cm³/mol. The lowest BCUT2D eigenvalue weighted by atomic mass is 9.96. The normalized spacial score (nSPS) is 14.1. The summed E-state index contributed by atoms with van der Waals surface area (Å²) in [6, 6.07) is 18.9. The van der Waals surface area contributed by atoms with Crippen molar-refractivity contribution < 1.29 is 9.53 Å². The van der Waals surface area contributed by atoms with Gasteiger partial charge >= 0.3 is 0 Å². The minimum Gasteiger partial charge on any atom is -0.492 e. The first kappa shape index (κ1) is 23.6. The van der Waals surface area contributed by atoms with Gasteiger partial charge in [-0.05, 0) is 74.0 Å². The minimum atomic E-state index is 0.0180. The quantitative estimate of drug-likeness (QED) is 0.461. The highest BCUT2D eigenvalue weighted by Crippen LogP contribution is 2.26. The molecule has 7 heteroatoms. The molecule has 0 radical (unpaired) electrons. The zero-order chi connectivity index (χ0) is 23.0. The third-order valence-electron chi connectivity index (χ3n) is 5.83. The van der Waals surface area contributed by atoms with Crippen LogP contribution in [0.3, 0.4) is 0 Å². The van der Waals surface area contributed by atoms with Crippen LogP contribution in [0.15, 0.2) is 66.9 Å². The standard InChI is InChI=1S/C26H27Cl2N3O2/c27-21-5-3-19(4-6-21)24-2-1-13-30-25(24)18-31(26(32)20-11-14-29-15-12-20)16-17-33-23-9-7-22(28)8-10-23/h1-10,13,20,29H,11-12,14-18H2. The summed E-state index contributed by atoms with van der Waals surface area (Å²) in [6.07, 6.45) is 3.46. The molecule has 1 saturated heterocycles. The maximum atomic E-state index is 13.5. The summed E-state index contributed by atoms with van der Waals surface area (Å²) in [4.78, 5) is 20.0. The molecule has 0 saturated carbocycles. The van der Waals surface area contributed by atoms with Gasteiger partial charge < -0.3 is 15.0 Å². The third kappa shape index (κ3) is 6.47. The van der Waals surface area contributed by atoms with Crippen LogP contribution in [-0.4, -0.2) is 42.0 Å². The number of nitrogens with zero attached hydrogens (tertiary/aromatic N) is 2. The largest absolute Gasteiger partial charge is 0.492 e. The predicted octanol–water partition coefficient (Wildman–Crippen LogP) is 5.46. The van der Waals surface area contributed by atoms with Crippen LogP contribution in [0.2, 0.25) is 10.0 Å². The van der Waals surface area contributed by atoms with Crippen LogP contribution in [0.1, 0.15) is 18.5 Å². The first-order chi connectivity index (χ1) is 16.1. The Morgan fingerprint density at radius 3 is 2.36 bits per heavy atom. The molecular formula is C26H27Cl2N3O2. The number of carbonyl (C=O) groups excluding carboxylic acids is 1. The number of rotatable bonds is 8. The maximum absolute atomic E-state index is 13.5. The molecule has 0 spiro atoms. The second kappa shape index (κ2) is 11.5. The van der Waals surface area contributed by atoms with E-state index in [4.69, 9.17) is 27.9 Å². The summed E-state index contributed by atoms with van der Waals surface area (Å²) in [7, 11) is 0. The van der Waals surface area contributed by atoms with Crippen molar-refractivity contribution in [3.8, 4) is 16.9 Å². The van der Waals surface area contributed by atoms with Gasteiger partial charge in [0.25, 0.3) is 0 Å². The summed E-state index contributed by atoms with van der Waals surface area (Å²) < 4.78 is 5.89. The molecule has 1 aromatic heterocycles. The highest BCUT2D eigenvalue weighted by Gasteiger charge is 2.27. The molecule has 1 amide bonds. The monoisotopic (exact) mass is 483 g/mol. The Morgan fingerprint density at radius 2 is 1.67 bits per heavy atom. The number of carbonyl (C=O) groups is 1. The van der Waals surface area contributed by atoms with Crippen LogP contribution in [0.5, 0.6) is 5.75 Å². The zero-order valence-electron chi connectivity index (χ0n) is 18.3. The third-order valence-corrected chi connectivity index (χ3v) is 6.33. The number of ether oxygens (including phenoxy) is 1. The van der Waals surface area contributed by atoms with E-state index in [1.165, 1.54) is 0 Å². The van der Waals surface area contributed by atoms with E-state index in [0.29, 0.717) is 29.7 Å².